The molecule has 0 atom stereocenters. The Bertz CT molecular complexity index is 1350. The lowest BCUT2D eigenvalue weighted by Crippen LogP contribution is -2.43. The van der Waals surface area contributed by atoms with Gasteiger partial charge in [0.25, 0.3) is 5.56 Å². The number of aryl methyl sites for hydroxylation is 3. The van der Waals surface area contributed by atoms with Gasteiger partial charge < -0.3 is 15.5 Å². The van der Waals surface area contributed by atoms with Crippen molar-refractivity contribution >= 4 is 28.4 Å². The second-order valence-corrected chi connectivity index (χ2v) is 8.22. The first-order chi connectivity index (χ1) is 15.5. The van der Waals surface area contributed by atoms with Crippen LogP contribution < -0.4 is 21.1 Å². The number of aromatic nitrogens is 4. The van der Waals surface area contributed by atoms with E-state index in [9.17, 15) is 4.79 Å². The van der Waals surface area contributed by atoms with Crippen LogP contribution in [0.15, 0.2) is 53.5 Å². The molecule has 5 rings (SSSR count). The second-order valence-electron chi connectivity index (χ2n) is 8.22. The molecular weight excluding hydrogens is 402 g/mol. The fourth-order valence-corrected chi connectivity index (χ4v) is 4.37. The lowest BCUT2D eigenvalue weighted by atomic mass is 10.1. The van der Waals surface area contributed by atoms with Crippen LogP contribution in [0.25, 0.3) is 16.7 Å². The zero-order valence-corrected chi connectivity index (χ0v) is 18.6. The summed E-state index contributed by atoms with van der Waals surface area (Å²) in [6.07, 6.45) is 1.60. The van der Waals surface area contributed by atoms with Gasteiger partial charge in [-0.1, -0.05) is 18.2 Å². The van der Waals surface area contributed by atoms with E-state index in [1.165, 1.54) is 11.3 Å². The fourth-order valence-electron chi connectivity index (χ4n) is 4.37. The third kappa shape index (κ3) is 3.52. The van der Waals surface area contributed by atoms with Gasteiger partial charge in [0.1, 0.15) is 5.39 Å². The number of hydrogen-bond acceptors (Lipinski definition) is 6. The largest absolute Gasteiger partial charge is 0.369 e. The van der Waals surface area contributed by atoms with Gasteiger partial charge in [0.2, 0.25) is 5.95 Å². The van der Waals surface area contributed by atoms with E-state index in [1.54, 1.807) is 15.6 Å². The maximum absolute atomic E-state index is 13.0. The predicted octanol–water partition coefficient (Wildman–Crippen LogP) is 2.89. The molecule has 3 heterocycles. The third-order valence-corrected chi connectivity index (χ3v) is 6.05. The van der Waals surface area contributed by atoms with Gasteiger partial charge in [0.15, 0.2) is 5.65 Å². The molecule has 1 fully saturated rings. The van der Waals surface area contributed by atoms with E-state index in [4.69, 9.17) is 0 Å². The topological polar surface area (TPSA) is 80.0 Å². The van der Waals surface area contributed by atoms with Crippen molar-refractivity contribution in [2.24, 2.45) is 7.05 Å². The van der Waals surface area contributed by atoms with Crippen molar-refractivity contribution in [1.29, 1.82) is 0 Å². The molecule has 2 N–H and O–H groups in total. The van der Waals surface area contributed by atoms with E-state index in [1.807, 2.05) is 38.2 Å². The van der Waals surface area contributed by atoms with Crippen LogP contribution >= 0.6 is 0 Å². The van der Waals surface area contributed by atoms with Crippen LogP contribution in [0.3, 0.4) is 0 Å². The monoisotopic (exact) mass is 429 g/mol. The Hall–Kier alpha value is -3.65. The SMILES string of the molecule is Cc1cc(Nc2ncc3c(=O)n(-c4ccccc4C)n(C)c3n2)ccc1N1CCNCC1. The number of fused-ring (bicyclic) bond motifs is 1. The van der Waals surface area contributed by atoms with Crippen molar-refractivity contribution in [3.8, 4) is 5.69 Å². The number of rotatable bonds is 4. The van der Waals surface area contributed by atoms with Crippen LogP contribution in [0, 0.1) is 13.8 Å². The summed E-state index contributed by atoms with van der Waals surface area (Å²) in [5.74, 6) is 0.462. The van der Waals surface area contributed by atoms with Gasteiger partial charge in [-0.05, 0) is 49.2 Å². The van der Waals surface area contributed by atoms with Gasteiger partial charge in [-0.25, -0.2) is 9.67 Å². The smallest absolute Gasteiger partial charge is 0.282 e. The van der Waals surface area contributed by atoms with E-state index >= 15 is 0 Å². The van der Waals surface area contributed by atoms with Gasteiger partial charge in [0, 0.05) is 50.8 Å². The summed E-state index contributed by atoms with van der Waals surface area (Å²) in [7, 11) is 1.85. The molecular formula is C24H27N7O. The summed E-state index contributed by atoms with van der Waals surface area (Å²) in [6, 6.07) is 14.1. The Morgan fingerprint density at radius 2 is 1.78 bits per heavy atom. The highest BCUT2D eigenvalue weighted by molar-refractivity contribution is 5.76. The Labute approximate surface area is 186 Å². The summed E-state index contributed by atoms with van der Waals surface area (Å²) in [5, 5.41) is 7.18. The molecule has 4 aromatic rings. The summed E-state index contributed by atoms with van der Waals surface area (Å²) in [6.45, 7) is 8.16. The maximum atomic E-state index is 13.0. The lowest BCUT2D eigenvalue weighted by Gasteiger charge is -2.30. The molecule has 1 aliphatic rings. The fraction of sp³-hybridized carbons (Fsp3) is 0.292. The number of anilines is 3. The molecule has 2 aromatic carbocycles. The molecule has 0 aliphatic carbocycles. The van der Waals surface area contributed by atoms with E-state index in [0.29, 0.717) is 17.0 Å². The van der Waals surface area contributed by atoms with Crippen molar-refractivity contribution in [2.75, 3.05) is 36.4 Å². The molecule has 1 saturated heterocycles. The highest BCUT2D eigenvalue weighted by Gasteiger charge is 2.17. The summed E-state index contributed by atoms with van der Waals surface area (Å²) >= 11 is 0. The summed E-state index contributed by atoms with van der Waals surface area (Å²) in [5.41, 5.74) is 5.70. The number of nitrogens with one attached hydrogen (secondary N) is 2. The Kier molecular flexibility index (Phi) is 5.14. The molecule has 0 saturated carbocycles. The Morgan fingerprint density at radius 1 is 1.00 bits per heavy atom. The number of hydrogen-bond donors (Lipinski definition) is 2. The lowest BCUT2D eigenvalue weighted by molar-refractivity contribution is 0.588. The summed E-state index contributed by atoms with van der Waals surface area (Å²) in [4.78, 5) is 24.5. The Balaban J connectivity index is 1.47. The van der Waals surface area contributed by atoms with E-state index < -0.39 is 0 Å². The van der Waals surface area contributed by atoms with Crippen LogP contribution in [0.4, 0.5) is 17.3 Å². The van der Waals surface area contributed by atoms with Gasteiger partial charge >= 0.3 is 0 Å². The molecule has 1 aliphatic heterocycles. The van der Waals surface area contributed by atoms with Gasteiger partial charge in [-0.15, -0.1) is 0 Å². The van der Waals surface area contributed by atoms with Gasteiger partial charge in [-0.3, -0.25) is 9.48 Å². The predicted molar refractivity (Wildman–Crippen MR) is 128 cm³/mol. The first-order valence-electron chi connectivity index (χ1n) is 10.9. The van der Waals surface area contributed by atoms with E-state index in [-0.39, 0.29) is 5.56 Å². The second kappa shape index (κ2) is 8.12. The molecule has 0 radical (unpaired) electrons. The number of para-hydroxylation sites is 1. The minimum atomic E-state index is -0.125. The van der Waals surface area contributed by atoms with Crippen molar-refractivity contribution in [2.45, 2.75) is 13.8 Å². The van der Waals surface area contributed by atoms with Crippen molar-refractivity contribution in [1.82, 2.24) is 24.6 Å². The summed E-state index contributed by atoms with van der Waals surface area (Å²) < 4.78 is 3.43. The molecule has 32 heavy (non-hydrogen) atoms. The van der Waals surface area contributed by atoms with Crippen LogP contribution in [-0.4, -0.2) is 45.5 Å². The molecule has 2 aromatic heterocycles. The number of piperazine rings is 1. The standard InChI is InChI=1S/C24H27N7O/c1-16-6-4-5-7-21(16)31-23(32)19-15-26-24(28-22(19)29(31)3)27-18-8-9-20(17(2)14-18)30-12-10-25-11-13-30/h4-9,14-15,25H,10-13H2,1-3H3,(H,26,27,28). The molecule has 0 unspecified atom stereocenters. The first-order valence-corrected chi connectivity index (χ1v) is 10.9. The van der Waals surface area contributed by atoms with E-state index in [0.717, 1.165) is 43.1 Å². The number of benzene rings is 2. The Morgan fingerprint density at radius 3 is 2.53 bits per heavy atom. The molecule has 0 amide bonds. The minimum Gasteiger partial charge on any atom is -0.369 e. The maximum Gasteiger partial charge on any atom is 0.282 e. The van der Waals surface area contributed by atoms with Gasteiger partial charge in [0.05, 0.1) is 5.69 Å². The molecule has 8 nitrogen and oxygen atoms in total. The highest BCUT2D eigenvalue weighted by atomic mass is 16.1. The van der Waals surface area contributed by atoms with Crippen molar-refractivity contribution in [3.63, 3.8) is 0 Å². The number of nitrogens with zero attached hydrogens (tertiary/aromatic N) is 5. The molecule has 0 spiro atoms. The van der Waals surface area contributed by atoms with Crippen LogP contribution in [0.2, 0.25) is 0 Å². The normalized spacial score (nSPS) is 14.2. The molecule has 8 heteroatoms. The third-order valence-electron chi connectivity index (χ3n) is 6.05. The zero-order chi connectivity index (χ0) is 22.2. The average Bonchev–Trinajstić information content (AvgIpc) is 3.04. The molecule has 0 bridgehead atoms. The zero-order valence-electron chi connectivity index (χ0n) is 18.6. The van der Waals surface area contributed by atoms with Crippen molar-refractivity contribution < 1.29 is 0 Å². The van der Waals surface area contributed by atoms with E-state index in [2.05, 4.69) is 50.6 Å². The molecule has 164 valence electrons. The van der Waals surface area contributed by atoms with Gasteiger partial charge in [-0.2, -0.15) is 4.98 Å². The van der Waals surface area contributed by atoms with Crippen LogP contribution in [0.1, 0.15) is 11.1 Å². The minimum absolute atomic E-state index is 0.125. The first kappa shape index (κ1) is 20.3. The quantitative estimate of drug-likeness (QED) is 0.519. The highest BCUT2D eigenvalue weighted by Crippen LogP contribution is 2.25. The van der Waals surface area contributed by atoms with Crippen LogP contribution in [-0.2, 0) is 7.05 Å². The van der Waals surface area contributed by atoms with Crippen molar-refractivity contribution in [3.05, 3.63) is 70.1 Å². The average molecular weight is 430 g/mol. The van der Waals surface area contributed by atoms with Crippen LogP contribution in [0.5, 0.6) is 0 Å².